The quantitative estimate of drug-likeness (QED) is 0.656. The summed E-state index contributed by atoms with van der Waals surface area (Å²) < 4.78 is 5.35. The summed E-state index contributed by atoms with van der Waals surface area (Å²) in [5.41, 5.74) is 4.07. The lowest BCUT2D eigenvalue weighted by molar-refractivity contribution is 0.417. The number of methoxy groups -OCH3 is 1. The number of anilines is 4. The molecular formula is C19H19ClN4O. The van der Waals surface area contributed by atoms with Gasteiger partial charge in [0, 0.05) is 16.9 Å². The molecule has 128 valence electrons. The highest BCUT2D eigenvalue weighted by Crippen LogP contribution is 2.30. The second-order valence-electron chi connectivity index (χ2n) is 5.68. The van der Waals surface area contributed by atoms with Gasteiger partial charge in [-0.15, -0.1) is 0 Å². The van der Waals surface area contributed by atoms with Crippen molar-refractivity contribution in [2.45, 2.75) is 13.8 Å². The minimum Gasteiger partial charge on any atom is -0.495 e. The normalized spacial score (nSPS) is 10.4. The first-order valence-electron chi connectivity index (χ1n) is 7.83. The van der Waals surface area contributed by atoms with E-state index < -0.39 is 0 Å². The van der Waals surface area contributed by atoms with Crippen LogP contribution in [0.15, 0.2) is 48.7 Å². The Kier molecular flexibility index (Phi) is 5.05. The number of hydrogen-bond donors (Lipinski definition) is 2. The monoisotopic (exact) mass is 354 g/mol. The van der Waals surface area contributed by atoms with E-state index >= 15 is 0 Å². The van der Waals surface area contributed by atoms with Gasteiger partial charge in [-0.3, -0.25) is 0 Å². The molecule has 3 rings (SSSR count). The van der Waals surface area contributed by atoms with Gasteiger partial charge in [-0.1, -0.05) is 29.3 Å². The summed E-state index contributed by atoms with van der Waals surface area (Å²) >= 11 is 6.07. The number of halogens is 1. The van der Waals surface area contributed by atoms with Crippen LogP contribution < -0.4 is 15.4 Å². The van der Waals surface area contributed by atoms with E-state index in [9.17, 15) is 0 Å². The molecule has 0 unspecified atom stereocenters. The molecule has 0 aliphatic heterocycles. The summed E-state index contributed by atoms with van der Waals surface area (Å²) in [6.07, 6.45) is 1.69. The number of nitrogens with zero attached hydrogens (tertiary/aromatic N) is 2. The van der Waals surface area contributed by atoms with Gasteiger partial charge < -0.3 is 15.4 Å². The molecular weight excluding hydrogens is 336 g/mol. The zero-order valence-electron chi connectivity index (χ0n) is 14.3. The molecule has 0 amide bonds. The van der Waals surface area contributed by atoms with E-state index in [1.54, 1.807) is 37.6 Å². The Bertz CT molecular complexity index is 898. The van der Waals surface area contributed by atoms with Crippen molar-refractivity contribution in [3.63, 3.8) is 0 Å². The molecule has 2 aromatic carbocycles. The number of aromatic nitrogens is 2. The lowest BCUT2D eigenvalue weighted by Gasteiger charge is -2.12. The summed E-state index contributed by atoms with van der Waals surface area (Å²) in [6, 6.07) is 13.3. The summed E-state index contributed by atoms with van der Waals surface area (Å²) in [4.78, 5) is 8.78. The van der Waals surface area contributed by atoms with E-state index in [1.807, 2.05) is 19.1 Å². The second-order valence-corrected chi connectivity index (χ2v) is 6.11. The minimum absolute atomic E-state index is 0.512. The maximum Gasteiger partial charge on any atom is 0.229 e. The predicted octanol–water partition coefficient (Wildman–Crippen LogP) is 5.24. The third-order valence-electron chi connectivity index (χ3n) is 3.71. The molecule has 1 heterocycles. The number of aryl methyl sites for hydroxylation is 2. The largest absolute Gasteiger partial charge is 0.495 e. The average Bonchev–Trinajstić information content (AvgIpc) is 2.58. The number of ether oxygens (including phenoxy) is 1. The lowest BCUT2D eigenvalue weighted by atomic mass is 10.1. The fourth-order valence-corrected chi connectivity index (χ4v) is 2.65. The molecule has 0 bridgehead atoms. The molecule has 3 aromatic rings. The van der Waals surface area contributed by atoms with Crippen molar-refractivity contribution in [3.05, 3.63) is 64.8 Å². The van der Waals surface area contributed by atoms with Crippen molar-refractivity contribution < 1.29 is 4.74 Å². The van der Waals surface area contributed by atoms with Crippen LogP contribution >= 0.6 is 11.6 Å². The van der Waals surface area contributed by atoms with Crippen LogP contribution in [0.4, 0.5) is 23.1 Å². The Morgan fingerprint density at radius 1 is 0.960 bits per heavy atom. The van der Waals surface area contributed by atoms with Gasteiger partial charge in [-0.25, -0.2) is 4.98 Å². The fraction of sp³-hybridized carbons (Fsp3) is 0.158. The molecule has 1 aromatic heterocycles. The van der Waals surface area contributed by atoms with Crippen molar-refractivity contribution in [1.29, 1.82) is 0 Å². The molecule has 0 radical (unpaired) electrons. The van der Waals surface area contributed by atoms with Gasteiger partial charge in [0.25, 0.3) is 0 Å². The molecule has 0 saturated carbocycles. The van der Waals surface area contributed by atoms with E-state index in [0.29, 0.717) is 22.5 Å². The van der Waals surface area contributed by atoms with Crippen molar-refractivity contribution >= 4 is 34.7 Å². The number of benzene rings is 2. The van der Waals surface area contributed by atoms with Crippen LogP contribution in [0.5, 0.6) is 5.75 Å². The molecule has 0 spiro atoms. The van der Waals surface area contributed by atoms with Gasteiger partial charge in [0.05, 0.1) is 12.8 Å². The van der Waals surface area contributed by atoms with Crippen molar-refractivity contribution in [1.82, 2.24) is 9.97 Å². The van der Waals surface area contributed by atoms with Crippen molar-refractivity contribution in [2.24, 2.45) is 0 Å². The smallest absolute Gasteiger partial charge is 0.229 e. The Hall–Kier alpha value is -2.79. The van der Waals surface area contributed by atoms with Crippen LogP contribution in [0.25, 0.3) is 0 Å². The molecule has 0 aliphatic carbocycles. The molecule has 6 heteroatoms. The highest BCUT2D eigenvalue weighted by Gasteiger charge is 2.07. The maximum absolute atomic E-state index is 6.07. The van der Waals surface area contributed by atoms with E-state index in [4.69, 9.17) is 16.3 Å². The summed E-state index contributed by atoms with van der Waals surface area (Å²) in [7, 11) is 1.61. The first kappa shape index (κ1) is 17.0. The molecule has 0 saturated heterocycles. The van der Waals surface area contributed by atoms with Crippen LogP contribution in [0.2, 0.25) is 5.02 Å². The van der Waals surface area contributed by atoms with Crippen molar-refractivity contribution in [2.75, 3.05) is 17.7 Å². The van der Waals surface area contributed by atoms with Crippen LogP contribution in [0.3, 0.4) is 0 Å². The van der Waals surface area contributed by atoms with Crippen LogP contribution in [0.1, 0.15) is 11.1 Å². The standard InChI is InChI=1S/C19H19ClN4O/c1-12-4-6-15(13(2)10-12)23-19-21-9-8-18(24-19)22-16-11-14(20)5-7-17(16)25-3/h4-11H,1-3H3,(H2,21,22,23,24). The zero-order valence-corrected chi connectivity index (χ0v) is 15.1. The summed E-state index contributed by atoms with van der Waals surface area (Å²) in [5.74, 6) is 1.84. The summed E-state index contributed by atoms with van der Waals surface area (Å²) in [5, 5.41) is 7.08. The Labute approximate surface area is 152 Å². The van der Waals surface area contributed by atoms with E-state index in [1.165, 1.54) is 5.56 Å². The van der Waals surface area contributed by atoms with Crippen molar-refractivity contribution in [3.8, 4) is 5.75 Å². The van der Waals surface area contributed by atoms with Crippen LogP contribution in [-0.2, 0) is 0 Å². The molecule has 0 fully saturated rings. The van der Waals surface area contributed by atoms with Gasteiger partial charge in [-0.05, 0) is 49.7 Å². The minimum atomic E-state index is 0.512. The van der Waals surface area contributed by atoms with Gasteiger partial charge >= 0.3 is 0 Å². The SMILES string of the molecule is COc1ccc(Cl)cc1Nc1ccnc(Nc2ccc(C)cc2C)n1. The molecule has 25 heavy (non-hydrogen) atoms. The zero-order chi connectivity index (χ0) is 17.8. The fourth-order valence-electron chi connectivity index (χ4n) is 2.48. The van der Waals surface area contributed by atoms with Gasteiger partial charge in [0.15, 0.2) is 0 Å². The van der Waals surface area contributed by atoms with E-state index in [0.717, 1.165) is 16.9 Å². The highest BCUT2D eigenvalue weighted by atomic mass is 35.5. The Morgan fingerprint density at radius 2 is 1.80 bits per heavy atom. The van der Waals surface area contributed by atoms with E-state index in [-0.39, 0.29) is 0 Å². The predicted molar refractivity (Wildman–Crippen MR) is 103 cm³/mol. The molecule has 2 N–H and O–H groups in total. The average molecular weight is 355 g/mol. The van der Waals surface area contributed by atoms with Gasteiger partial charge in [-0.2, -0.15) is 4.98 Å². The lowest BCUT2D eigenvalue weighted by Crippen LogP contribution is -2.02. The van der Waals surface area contributed by atoms with Crippen LogP contribution in [0, 0.1) is 13.8 Å². The van der Waals surface area contributed by atoms with Gasteiger partial charge in [0.1, 0.15) is 11.6 Å². The Morgan fingerprint density at radius 3 is 2.56 bits per heavy atom. The first-order valence-corrected chi connectivity index (χ1v) is 8.21. The summed E-state index contributed by atoms with van der Waals surface area (Å²) in [6.45, 7) is 4.12. The topological polar surface area (TPSA) is 59.1 Å². The van der Waals surface area contributed by atoms with Gasteiger partial charge in [0.2, 0.25) is 5.95 Å². The van der Waals surface area contributed by atoms with E-state index in [2.05, 4.69) is 33.6 Å². The third-order valence-corrected chi connectivity index (χ3v) is 3.94. The molecule has 0 aliphatic rings. The number of hydrogen-bond acceptors (Lipinski definition) is 5. The number of rotatable bonds is 5. The second kappa shape index (κ2) is 7.40. The first-order chi connectivity index (χ1) is 12.0. The maximum atomic E-state index is 6.07. The third kappa shape index (κ3) is 4.19. The number of nitrogens with one attached hydrogen (secondary N) is 2. The molecule has 5 nitrogen and oxygen atoms in total. The van der Waals surface area contributed by atoms with Crippen LogP contribution in [-0.4, -0.2) is 17.1 Å². The Balaban J connectivity index is 1.83. The molecule has 0 atom stereocenters. The highest BCUT2D eigenvalue weighted by molar-refractivity contribution is 6.31.